The van der Waals surface area contributed by atoms with Crippen molar-refractivity contribution in [3.63, 3.8) is 0 Å². The highest BCUT2D eigenvalue weighted by atomic mass is 32.1. The molecule has 0 aliphatic carbocycles. The number of carbonyl (C=O) groups excluding carboxylic acids is 1. The van der Waals surface area contributed by atoms with E-state index in [1.54, 1.807) is 24.5 Å². The van der Waals surface area contributed by atoms with Gasteiger partial charge in [0.05, 0.1) is 16.3 Å². The molecule has 21 heavy (non-hydrogen) atoms. The van der Waals surface area contributed by atoms with Gasteiger partial charge in [-0.1, -0.05) is 11.3 Å². The van der Waals surface area contributed by atoms with Crippen LogP contribution in [0, 0.1) is 6.92 Å². The normalized spacial score (nSPS) is 10.5. The summed E-state index contributed by atoms with van der Waals surface area (Å²) in [5.41, 5.74) is 7.79. The van der Waals surface area contributed by atoms with Crippen molar-refractivity contribution >= 4 is 38.8 Å². The number of nitrogens with two attached hydrogens (primary N) is 1. The van der Waals surface area contributed by atoms with E-state index in [0.717, 1.165) is 16.3 Å². The molecule has 0 unspecified atom stereocenters. The first-order valence-electron chi connectivity index (χ1n) is 6.03. The third-order valence-corrected chi connectivity index (χ3v) is 4.48. The van der Waals surface area contributed by atoms with Gasteiger partial charge in [0, 0.05) is 23.3 Å². The number of aryl methyl sites for hydroxylation is 1. The van der Waals surface area contributed by atoms with Crippen molar-refractivity contribution in [3.8, 4) is 10.6 Å². The number of pyridine rings is 1. The van der Waals surface area contributed by atoms with Gasteiger partial charge in [0.2, 0.25) is 0 Å². The summed E-state index contributed by atoms with van der Waals surface area (Å²) in [5.74, 6) is -0.213. The third kappa shape index (κ3) is 2.91. The Balaban J connectivity index is 1.83. The highest BCUT2D eigenvalue weighted by molar-refractivity contribution is 7.19. The predicted molar refractivity (Wildman–Crippen MR) is 84.6 cm³/mol. The van der Waals surface area contributed by atoms with Crippen molar-refractivity contribution in [1.29, 1.82) is 0 Å². The zero-order valence-electron chi connectivity index (χ0n) is 11.0. The number of nitrogens with one attached hydrogen (secondary N) is 1. The van der Waals surface area contributed by atoms with Crippen LogP contribution in [-0.4, -0.2) is 20.9 Å². The van der Waals surface area contributed by atoms with E-state index < -0.39 is 0 Å². The third-order valence-electron chi connectivity index (χ3n) is 2.71. The van der Waals surface area contributed by atoms with E-state index in [1.807, 2.05) is 12.3 Å². The molecule has 3 aromatic rings. The topological polar surface area (TPSA) is 93.8 Å². The van der Waals surface area contributed by atoms with Crippen LogP contribution in [0.3, 0.4) is 0 Å². The Kier molecular flexibility index (Phi) is 3.63. The van der Waals surface area contributed by atoms with Crippen LogP contribution >= 0.6 is 22.7 Å². The standard InChI is InChI=1S/C13H11N5OS2/c1-7-10(9-6-20-12(14)17-9)21-13(16-7)18-11(19)8-2-4-15-5-3-8/h2-6H,1H3,(H2,14,17)(H,16,18,19). The van der Waals surface area contributed by atoms with Crippen LogP contribution in [0.4, 0.5) is 10.3 Å². The molecule has 3 aromatic heterocycles. The quantitative estimate of drug-likeness (QED) is 0.774. The van der Waals surface area contributed by atoms with E-state index in [9.17, 15) is 4.79 Å². The molecule has 3 rings (SSSR count). The van der Waals surface area contributed by atoms with Gasteiger partial charge in [-0.25, -0.2) is 9.97 Å². The maximum Gasteiger partial charge on any atom is 0.257 e. The SMILES string of the molecule is Cc1nc(NC(=O)c2ccncc2)sc1-c1csc(N)n1. The highest BCUT2D eigenvalue weighted by Crippen LogP contribution is 2.33. The molecule has 0 radical (unpaired) electrons. The fourth-order valence-corrected chi connectivity index (χ4v) is 3.30. The number of rotatable bonds is 3. The van der Waals surface area contributed by atoms with Crippen LogP contribution in [0.2, 0.25) is 0 Å². The molecule has 0 aliphatic heterocycles. The second-order valence-corrected chi connectivity index (χ2v) is 6.08. The smallest absolute Gasteiger partial charge is 0.257 e. The van der Waals surface area contributed by atoms with Gasteiger partial charge in [-0.05, 0) is 19.1 Å². The summed E-state index contributed by atoms with van der Waals surface area (Å²) in [6, 6.07) is 3.30. The van der Waals surface area contributed by atoms with Crippen molar-refractivity contribution in [2.24, 2.45) is 0 Å². The number of thiazole rings is 2. The van der Waals surface area contributed by atoms with Crippen LogP contribution in [-0.2, 0) is 0 Å². The number of anilines is 2. The number of hydrogen-bond donors (Lipinski definition) is 2. The minimum absolute atomic E-state index is 0.213. The lowest BCUT2D eigenvalue weighted by atomic mass is 10.2. The number of aromatic nitrogens is 3. The summed E-state index contributed by atoms with van der Waals surface area (Å²) in [6.45, 7) is 1.88. The predicted octanol–water partition coefficient (Wildman–Crippen LogP) is 2.80. The molecule has 0 spiro atoms. The molecular formula is C13H11N5OS2. The summed E-state index contributed by atoms with van der Waals surface area (Å²) in [7, 11) is 0. The summed E-state index contributed by atoms with van der Waals surface area (Å²) < 4.78 is 0. The van der Waals surface area contributed by atoms with E-state index in [2.05, 4.69) is 20.3 Å². The molecule has 0 fully saturated rings. The van der Waals surface area contributed by atoms with Crippen molar-refractivity contribution in [1.82, 2.24) is 15.0 Å². The molecule has 3 N–H and O–H groups in total. The van der Waals surface area contributed by atoms with Crippen LogP contribution in [0.15, 0.2) is 29.9 Å². The van der Waals surface area contributed by atoms with E-state index >= 15 is 0 Å². The zero-order valence-corrected chi connectivity index (χ0v) is 12.7. The number of amides is 1. The van der Waals surface area contributed by atoms with Crippen LogP contribution in [0.25, 0.3) is 10.6 Å². The summed E-state index contributed by atoms with van der Waals surface area (Å²) in [5, 5.41) is 5.71. The first-order chi connectivity index (χ1) is 10.1. The molecule has 8 heteroatoms. The Morgan fingerprint density at radius 1 is 1.29 bits per heavy atom. The average molecular weight is 317 g/mol. The fraction of sp³-hybridized carbons (Fsp3) is 0.0769. The molecule has 6 nitrogen and oxygen atoms in total. The molecule has 0 atom stereocenters. The number of nitrogens with zero attached hydrogens (tertiary/aromatic N) is 3. The molecule has 0 aliphatic rings. The molecule has 3 heterocycles. The van der Waals surface area contributed by atoms with Crippen molar-refractivity contribution in [2.75, 3.05) is 11.1 Å². The molecule has 106 valence electrons. The van der Waals surface area contributed by atoms with E-state index in [0.29, 0.717) is 15.8 Å². The number of carbonyl (C=O) groups is 1. The second-order valence-electron chi connectivity index (χ2n) is 4.19. The van der Waals surface area contributed by atoms with Crippen LogP contribution in [0.1, 0.15) is 16.1 Å². The van der Waals surface area contributed by atoms with Gasteiger partial charge >= 0.3 is 0 Å². The van der Waals surface area contributed by atoms with Gasteiger partial charge in [0.25, 0.3) is 5.91 Å². The maximum absolute atomic E-state index is 12.1. The largest absolute Gasteiger partial charge is 0.375 e. The first-order valence-corrected chi connectivity index (χ1v) is 7.73. The molecule has 0 aromatic carbocycles. The minimum atomic E-state index is -0.213. The molecular weight excluding hydrogens is 306 g/mol. The Morgan fingerprint density at radius 2 is 2.05 bits per heavy atom. The van der Waals surface area contributed by atoms with Crippen molar-refractivity contribution in [2.45, 2.75) is 6.92 Å². The lowest BCUT2D eigenvalue weighted by molar-refractivity contribution is 0.102. The monoisotopic (exact) mass is 317 g/mol. The lowest BCUT2D eigenvalue weighted by Crippen LogP contribution is -2.11. The maximum atomic E-state index is 12.1. The molecule has 1 amide bonds. The van der Waals surface area contributed by atoms with Crippen molar-refractivity contribution < 1.29 is 4.79 Å². The Hall–Kier alpha value is -2.32. The second kappa shape index (κ2) is 5.58. The first kappa shape index (κ1) is 13.7. The zero-order chi connectivity index (χ0) is 14.8. The van der Waals surface area contributed by atoms with Gasteiger partial charge in [-0.3, -0.25) is 15.1 Å². The van der Waals surface area contributed by atoms with E-state index in [1.165, 1.54) is 22.7 Å². The Bertz CT molecular complexity index is 781. The summed E-state index contributed by atoms with van der Waals surface area (Å²) >= 11 is 2.76. The van der Waals surface area contributed by atoms with Gasteiger partial charge < -0.3 is 5.73 Å². The fourth-order valence-electron chi connectivity index (χ4n) is 1.75. The van der Waals surface area contributed by atoms with E-state index in [4.69, 9.17) is 5.73 Å². The van der Waals surface area contributed by atoms with Gasteiger partial charge in [-0.2, -0.15) is 0 Å². The lowest BCUT2D eigenvalue weighted by Gasteiger charge is -2.00. The molecule has 0 saturated heterocycles. The van der Waals surface area contributed by atoms with Gasteiger partial charge in [0.1, 0.15) is 0 Å². The Morgan fingerprint density at radius 3 is 2.71 bits per heavy atom. The van der Waals surface area contributed by atoms with Gasteiger partial charge in [-0.15, -0.1) is 11.3 Å². The summed E-state index contributed by atoms with van der Waals surface area (Å²) in [4.78, 5) is 25.5. The number of nitrogen functional groups attached to an aromatic ring is 1. The van der Waals surface area contributed by atoms with Gasteiger partial charge in [0.15, 0.2) is 10.3 Å². The minimum Gasteiger partial charge on any atom is -0.375 e. The molecule has 0 bridgehead atoms. The molecule has 0 saturated carbocycles. The summed E-state index contributed by atoms with van der Waals surface area (Å²) in [6.07, 6.45) is 3.15. The highest BCUT2D eigenvalue weighted by Gasteiger charge is 2.14. The van der Waals surface area contributed by atoms with E-state index in [-0.39, 0.29) is 5.91 Å². The average Bonchev–Trinajstić information content (AvgIpc) is 3.06. The number of hydrogen-bond acceptors (Lipinski definition) is 7. The van der Waals surface area contributed by atoms with Crippen LogP contribution < -0.4 is 11.1 Å². The Labute approximate surface area is 128 Å². The van der Waals surface area contributed by atoms with Crippen LogP contribution in [0.5, 0.6) is 0 Å². The van der Waals surface area contributed by atoms with Crippen molar-refractivity contribution in [3.05, 3.63) is 41.2 Å².